The molecular formula is C12H16N2O2. The third kappa shape index (κ3) is 2.40. The maximum Gasteiger partial charge on any atom is 0.335 e. The van der Waals surface area contributed by atoms with Crippen molar-refractivity contribution in [1.82, 2.24) is 5.32 Å². The Morgan fingerprint density at radius 1 is 1.38 bits per heavy atom. The van der Waals surface area contributed by atoms with Gasteiger partial charge >= 0.3 is 5.97 Å². The van der Waals surface area contributed by atoms with Crippen LogP contribution in [0.15, 0.2) is 24.3 Å². The molecule has 16 heavy (non-hydrogen) atoms. The molecule has 4 N–H and O–H groups in total. The molecular weight excluding hydrogens is 204 g/mol. The Bertz CT molecular complexity index is 375. The van der Waals surface area contributed by atoms with Gasteiger partial charge in [-0.05, 0) is 37.1 Å². The molecule has 86 valence electrons. The topological polar surface area (TPSA) is 75.3 Å². The minimum atomic E-state index is -0.889. The molecule has 1 aliphatic heterocycles. The molecule has 1 aromatic rings. The van der Waals surface area contributed by atoms with Crippen molar-refractivity contribution in [3.63, 3.8) is 0 Å². The molecule has 0 aliphatic carbocycles. The Morgan fingerprint density at radius 2 is 2.06 bits per heavy atom. The Kier molecular flexibility index (Phi) is 3.22. The van der Waals surface area contributed by atoms with E-state index in [1.165, 1.54) is 0 Å². The molecule has 0 radical (unpaired) electrons. The smallest absolute Gasteiger partial charge is 0.335 e. The van der Waals surface area contributed by atoms with Crippen LogP contribution >= 0.6 is 0 Å². The van der Waals surface area contributed by atoms with E-state index < -0.39 is 5.97 Å². The number of nitrogens with one attached hydrogen (secondary N) is 1. The molecule has 2 unspecified atom stereocenters. The van der Waals surface area contributed by atoms with Gasteiger partial charge in [0.15, 0.2) is 0 Å². The van der Waals surface area contributed by atoms with E-state index in [-0.39, 0.29) is 12.1 Å². The van der Waals surface area contributed by atoms with E-state index >= 15 is 0 Å². The van der Waals surface area contributed by atoms with Crippen molar-refractivity contribution >= 4 is 5.97 Å². The summed E-state index contributed by atoms with van der Waals surface area (Å²) in [4.78, 5) is 10.7. The van der Waals surface area contributed by atoms with Gasteiger partial charge in [0.25, 0.3) is 0 Å². The standard InChI is InChI=1S/C12H16N2O2/c13-10-5-6-14-11(7-10)8-1-3-9(4-2-8)12(15)16/h1-4,10-11,14H,5-7,13H2,(H,15,16). The van der Waals surface area contributed by atoms with Crippen LogP contribution in [-0.4, -0.2) is 23.7 Å². The SMILES string of the molecule is NC1CCNC(c2ccc(C(=O)O)cc2)C1. The fourth-order valence-corrected chi connectivity index (χ4v) is 2.06. The van der Waals surface area contributed by atoms with Gasteiger partial charge in [-0.25, -0.2) is 4.79 Å². The summed E-state index contributed by atoms with van der Waals surface area (Å²) in [6.45, 7) is 0.923. The van der Waals surface area contributed by atoms with Crippen LogP contribution in [-0.2, 0) is 0 Å². The maximum atomic E-state index is 10.7. The average Bonchev–Trinajstić information content (AvgIpc) is 2.29. The van der Waals surface area contributed by atoms with Crippen LogP contribution in [0.25, 0.3) is 0 Å². The largest absolute Gasteiger partial charge is 0.478 e. The summed E-state index contributed by atoms with van der Waals surface area (Å²) < 4.78 is 0. The lowest BCUT2D eigenvalue weighted by Crippen LogP contribution is -2.38. The van der Waals surface area contributed by atoms with Crippen LogP contribution in [0.5, 0.6) is 0 Å². The number of piperidine rings is 1. The molecule has 1 saturated heterocycles. The van der Waals surface area contributed by atoms with Crippen molar-refractivity contribution in [1.29, 1.82) is 0 Å². The van der Waals surface area contributed by atoms with E-state index in [9.17, 15) is 4.79 Å². The molecule has 2 rings (SSSR count). The summed E-state index contributed by atoms with van der Waals surface area (Å²) in [5.41, 5.74) is 7.34. The zero-order valence-corrected chi connectivity index (χ0v) is 9.02. The first-order valence-corrected chi connectivity index (χ1v) is 5.49. The molecule has 4 heteroatoms. The van der Waals surface area contributed by atoms with Gasteiger partial charge in [-0.1, -0.05) is 12.1 Å². The van der Waals surface area contributed by atoms with Crippen molar-refractivity contribution in [3.8, 4) is 0 Å². The Hall–Kier alpha value is -1.39. The second-order valence-corrected chi connectivity index (χ2v) is 4.22. The van der Waals surface area contributed by atoms with Crippen molar-refractivity contribution in [2.24, 2.45) is 5.73 Å². The van der Waals surface area contributed by atoms with E-state index in [0.717, 1.165) is 24.9 Å². The highest BCUT2D eigenvalue weighted by Gasteiger charge is 2.19. The number of rotatable bonds is 2. The number of benzene rings is 1. The molecule has 1 aliphatic rings. The molecule has 1 fully saturated rings. The van der Waals surface area contributed by atoms with Gasteiger partial charge in [0.1, 0.15) is 0 Å². The summed E-state index contributed by atoms with van der Waals surface area (Å²) in [6.07, 6.45) is 1.91. The lowest BCUT2D eigenvalue weighted by molar-refractivity contribution is 0.0697. The Balaban J connectivity index is 2.11. The second kappa shape index (κ2) is 4.63. The van der Waals surface area contributed by atoms with E-state index in [0.29, 0.717) is 5.56 Å². The van der Waals surface area contributed by atoms with Gasteiger partial charge in [0, 0.05) is 12.1 Å². The van der Waals surface area contributed by atoms with Crippen LogP contribution < -0.4 is 11.1 Å². The molecule has 0 bridgehead atoms. The molecule has 0 saturated carbocycles. The molecule has 2 atom stereocenters. The Labute approximate surface area is 94.5 Å². The number of hydrogen-bond acceptors (Lipinski definition) is 3. The molecule has 0 amide bonds. The van der Waals surface area contributed by atoms with Crippen molar-refractivity contribution in [2.45, 2.75) is 24.9 Å². The molecule has 1 heterocycles. The summed E-state index contributed by atoms with van der Waals surface area (Å²) in [7, 11) is 0. The summed E-state index contributed by atoms with van der Waals surface area (Å²) >= 11 is 0. The van der Waals surface area contributed by atoms with E-state index in [2.05, 4.69) is 5.32 Å². The first kappa shape index (κ1) is 11.1. The highest BCUT2D eigenvalue weighted by atomic mass is 16.4. The highest BCUT2D eigenvalue weighted by molar-refractivity contribution is 5.87. The van der Waals surface area contributed by atoms with Crippen LogP contribution in [0, 0.1) is 0 Å². The zero-order chi connectivity index (χ0) is 11.5. The van der Waals surface area contributed by atoms with Crippen molar-refractivity contribution in [2.75, 3.05) is 6.54 Å². The predicted molar refractivity (Wildman–Crippen MR) is 61.4 cm³/mol. The van der Waals surface area contributed by atoms with Gasteiger partial charge in [-0.3, -0.25) is 0 Å². The maximum absolute atomic E-state index is 10.7. The second-order valence-electron chi connectivity index (χ2n) is 4.22. The predicted octanol–water partition coefficient (Wildman–Crippen LogP) is 1.14. The zero-order valence-electron chi connectivity index (χ0n) is 9.02. The van der Waals surface area contributed by atoms with Gasteiger partial charge < -0.3 is 16.2 Å². The summed E-state index contributed by atoms with van der Waals surface area (Å²) in [5.74, 6) is -0.889. The number of carbonyl (C=O) groups is 1. The number of carboxylic acids is 1. The Morgan fingerprint density at radius 3 is 2.62 bits per heavy atom. The highest BCUT2D eigenvalue weighted by Crippen LogP contribution is 2.22. The van der Waals surface area contributed by atoms with Gasteiger partial charge in [0.05, 0.1) is 5.56 Å². The van der Waals surface area contributed by atoms with Gasteiger partial charge in [-0.15, -0.1) is 0 Å². The minimum Gasteiger partial charge on any atom is -0.478 e. The van der Waals surface area contributed by atoms with E-state index in [4.69, 9.17) is 10.8 Å². The number of hydrogen-bond donors (Lipinski definition) is 3. The summed E-state index contributed by atoms with van der Waals surface area (Å²) in [6, 6.07) is 7.49. The average molecular weight is 220 g/mol. The number of carboxylic acid groups (broad SMARTS) is 1. The third-order valence-electron chi connectivity index (χ3n) is 3.00. The molecule has 0 aromatic heterocycles. The van der Waals surface area contributed by atoms with Crippen LogP contribution in [0.4, 0.5) is 0 Å². The lowest BCUT2D eigenvalue weighted by Gasteiger charge is -2.28. The fourth-order valence-electron chi connectivity index (χ4n) is 2.06. The van der Waals surface area contributed by atoms with Crippen LogP contribution in [0.3, 0.4) is 0 Å². The quantitative estimate of drug-likeness (QED) is 0.698. The van der Waals surface area contributed by atoms with Gasteiger partial charge in [0.2, 0.25) is 0 Å². The molecule has 0 spiro atoms. The first-order chi connectivity index (χ1) is 7.66. The monoisotopic (exact) mass is 220 g/mol. The lowest BCUT2D eigenvalue weighted by atomic mass is 9.94. The van der Waals surface area contributed by atoms with E-state index in [1.54, 1.807) is 12.1 Å². The van der Waals surface area contributed by atoms with E-state index in [1.807, 2.05) is 12.1 Å². The molecule has 1 aromatic carbocycles. The number of nitrogens with two attached hydrogens (primary N) is 1. The number of aromatic carboxylic acids is 1. The van der Waals surface area contributed by atoms with Crippen molar-refractivity contribution < 1.29 is 9.90 Å². The minimum absolute atomic E-state index is 0.241. The third-order valence-corrected chi connectivity index (χ3v) is 3.00. The van der Waals surface area contributed by atoms with Crippen LogP contribution in [0.2, 0.25) is 0 Å². The molecule has 4 nitrogen and oxygen atoms in total. The summed E-state index contributed by atoms with van der Waals surface area (Å²) in [5, 5.41) is 12.2. The first-order valence-electron chi connectivity index (χ1n) is 5.49. The van der Waals surface area contributed by atoms with Gasteiger partial charge in [-0.2, -0.15) is 0 Å². The normalized spacial score (nSPS) is 25.3. The van der Waals surface area contributed by atoms with Crippen LogP contribution in [0.1, 0.15) is 34.8 Å². The van der Waals surface area contributed by atoms with Crippen molar-refractivity contribution in [3.05, 3.63) is 35.4 Å². The fraction of sp³-hybridized carbons (Fsp3) is 0.417.